The molecule has 0 amide bonds. The lowest BCUT2D eigenvalue weighted by Gasteiger charge is -2.32. The Morgan fingerprint density at radius 1 is 1.32 bits per heavy atom. The highest BCUT2D eigenvalue weighted by Gasteiger charge is 2.24. The summed E-state index contributed by atoms with van der Waals surface area (Å²) in [5.74, 6) is 0.440. The molecule has 0 spiro atoms. The zero-order valence-corrected chi connectivity index (χ0v) is 11.8. The number of rotatable bonds is 5. The topological polar surface area (TPSA) is 35.8 Å². The normalized spacial score (nSPS) is 22.8. The van der Waals surface area contributed by atoms with Crippen LogP contribution in [-0.2, 0) is 6.42 Å². The molecule has 1 heterocycles. The van der Waals surface area contributed by atoms with E-state index < -0.39 is 0 Å². The molecule has 1 saturated heterocycles. The fourth-order valence-corrected chi connectivity index (χ4v) is 2.84. The molecule has 0 saturated carbocycles. The number of nitrogens with zero attached hydrogens (tertiary/aromatic N) is 2. The minimum Gasteiger partial charge on any atom is -0.411 e. The first-order valence-electron chi connectivity index (χ1n) is 7.30. The van der Waals surface area contributed by atoms with Gasteiger partial charge in [0.25, 0.3) is 0 Å². The van der Waals surface area contributed by atoms with Crippen molar-refractivity contribution in [1.29, 1.82) is 0 Å². The Hall–Kier alpha value is -1.35. The van der Waals surface area contributed by atoms with Gasteiger partial charge in [-0.3, -0.25) is 0 Å². The van der Waals surface area contributed by atoms with Gasteiger partial charge >= 0.3 is 0 Å². The molecule has 104 valence electrons. The molecule has 1 aromatic carbocycles. The summed E-state index contributed by atoms with van der Waals surface area (Å²) in [6, 6.07) is 10.7. The minimum absolute atomic E-state index is 0.440. The number of likely N-dealkylation sites (tertiary alicyclic amines) is 1. The van der Waals surface area contributed by atoms with Gasteiger partial charge in [0.05, 0.1) is 5.71 Å². The highest BCUT2D eigenvalue weighted by molar-refractivity contribution is 5.87. The molecule has 1 atom stereocenters. The van der Waals surface area contributed by atoms with Crippen LogP contribution in [0.1, 0.15) is 31.7 Å². The molecule has 2 rings (SSSR count). The van der Waals surface area contributed by atoms with E-state index in [0.29, 0.717) is 5.92 Å². The molecule has 3 nitrogen and oxygen atoms in total. The third kappa shape index (κ3) is 4.06. The van der Waals surface area contributed by atoms with Gasteiger partial charge in [0.15, 0.2) is 0 Å². The van der Waals surface area contributed by atoms with E-state index in [2.05, 4.69) is 47.3 Å². The monoisotopic (exact) mass is 260 g/mol. The summed E-state index contributed by atoms with van der Waals surface area (Å²) < 4.78 is 0. The summed E-state index contributed by atoms with van der Waals surface area (Å²) in [6.07, 6.45) is 4.33. The second-order valence-electron chi connectivity index (χ2n) is 5.34. The Bertz CT molecular complexity index is 402. The first kappa shape index (κ1) is 14.1. The van der Waals surface area contributed by atoms with Crippen molar-refractivity contribution in [2.75, 3.05) is 19.6 Å². The van der Waals surface area contributed by atoms with E-state index in [-0.39, 0.29) is 0 Å². The number of piperidine rings is 1. The standard InChI is InChI=1S/C16H24N2O/c1-2-15-13-18(12-10-16(15)17-19)11-6-9-14-7-4-3-5-8-14/h3-5,7-8,15,19H,2,6,9-13H2,1H3/b17-16+. The second-order valence-corrected chi connectivity index (χ2v) is 5.34. The van der Waals surface area contributed by atoms with Crippen LogP contribution in [0.5, 0.6) is 0 Å². The molecular weight excluding hydrogens is 236 g/mol. The molecule has 0 aliphatic carbocycles. The maximum absolute atomic E-state index is 8.97. The molecule has 1 aromatic rings. The Labute approximate surface area is 115 Å². The van der Waals surface area contributed by atoms with Crippen LogP contribution in [0.2, 0.25) is 0 Å². The molecule has 0 radical (unpaired) electrons. The SMILES string of the molecule is CCC1CN(CCCc2ccccc2)CC/C1=N\O. The fourth-order valence-electron chi connectivity index (χ4n) is 2.84. The summed E-state index contributed by atoms with van der Waals surface area (Å²) in [4.78, 5) is 2.51. The third-order valence-corrected chi connectivity index (χ3v) is 4.04. The van der Waals surface area contributed by atoms with Crippen molar-refractivity contribution in [3.63, 3.8) is 0 Å². The molecule has 1 aliphatic heterocycles. The number of hydrogen-bond donors (Lipinski definition) is 1. The Balaban J connectivity index is 1.75. The predicted octanol–water partition coefficient (Wildman–Crippen LogP) is 3.18. The highest BCUT2D eigenvalue weighted by atomic mass is 16.4. The van der Waals surface area contributed by atoms with E-state index in [1.54, 1.807) is 0 Å². The first-order chi connectivity index (χ1) is 9.33. The van der Waals surface area contributed by atoms with Gasteiger partial charge in [0.1, 0.15) is 0 Å². The van der Waals surface area contributed by atoms with E-state index in [9.17, 15) is 0 Å². The largest absolute Gasteiger partial charge is 0.411 e. The minimum atomic E-state index is 0.440. The zero-order chi connectivity index (χ0) is 13.5. The Morgan fingerprint density at radius 3 is 2.79 bits per heavy atom. The molecule has 1 N–H and O–H groups in total. The Kier molecular flexibility index (Phi) is 5.40. The second kappa shape index (κ2) is 7.29. The maximum Gasteiger partial charge on any atom is 0.0627 e. The van der Waals surface area contributed by atoms with Gasteiger partial charge in [-0.15, -0.1) is 0 Å². The number of benzene rings is 1. The van der Waals surface area contributed by atoms with Gasteiger partial charge < -0.3 is 10.1 Å². The first-order valence-corrected chi connectivity index (χ1v) is 7.30. The van der Waals surface area contributed by atoms with Crippen LogP contribution in [0.15, 0.2) is 35.5 Å². The van der Waals surface area contributed by atoms with Gasteiger partial charge in [-0.1, -0.05) is 42.4 Å². The third-order valence-electron chi connectivity index (χ3n) is 4.04. The van der Waals surface area contributed by atoms with Crippen molar-refractivity contribution < 1.29 is 5.21 Å². The molecule has 3 heteroatoms. The van der Waals surface area contributed by atoms with Crippen LogP contribution in [0.3, 0.4) is 0 Å². The average Bonchev–Trinajstić information content (AvgIpc) is 2.48. The lowest BCUT2D eigenvalue weighted by Crippen LogP contribution is -2.41. The summed E-state index contributed by atoms with van der Waals surface area (Å²) in [6.45, 7) is 5.39. The molecule has 19 heavy (non-hydrogen) atoms. The zero-order valence-electron chi connectivity index (χ0n) is 11.8. The van der Waals surface area contributed by atoms with E-state index >= 15 is 0 Å². The van der Waals surface area contributed by atoms with Gasteiger partial charge in [-0.05, 0) is 31.4 Å². The summed E-state index contributed by atoms with van der Waals surface area (Å²) in [5, 5.41) is 12.4. The van der Waals surface area contributed by atoms with Gasteiger partial charge in [-0.25, -0.2) is 0 Å². The fraction of sp³-hybridized carbons (Fsp3) is 0.562. The lowest BCUT2D eigenvalue weighted by molar-refractivity contribution is 0.225. The van der Waals surface area contributed by atoms with Crippen molar-refractivity contribution in [3.05, 3.63) is 35.9 Å². The highest BCUT2D eigenvalue weighted by Crippen LogP contribution is 2.17. The van der Waals surface area contributed by atoms with Crippen LogP contribution in [0.25, 0.3) is 0 Å². The average molecular weight is 260 g/mol. The Morgan fingerprint density at radius 2 is 2.11 bits per heavy atom. The smallest absolute Gasteiger partial charge is 0.0627 e. The molecule has 1 fully saturated rings. The number of aryl methyl sites for hydroxylation is 1. The predicted molar refractivity (Wildman–Crippen MR) is 78.8 cm³/mol. The van der Waals surface area contributed by atoms with Crippen molar-refractivity contribution in [2.24, 2.45) is 11.1 Å². The lowest BCUT2D eigenvalue weighted by atomic mass is 9.93. The van der Waals surface area contributed by atoms with E-state index in [1.807, 2.05) is 0 Å². The number of oxime groups is 1. The molecule has 1 aliphatic rings. The van der Waals surface area contributed by atoms with Crippen molar-refractivity contribution in [3.8, 4) is 0 Å². The molecular formula is C16H24N2O. The summed E-state index contributed by atoms with van der Waals surface area (Å²) >= 11 is 0. The van der Waals surface area contributed by atoms with E-state index in [1.165, 1.54) is 12.0 Å². The van der Waals surface area contributed by atoms with Crippen LogP contribution >= 0.6 is 0 Å². The van der Waals surface area contributed by atoms with Gasteiger partial charge in [0.2, 0.25) is 0 Å². The molecule has 0 bridgehead atoms. The van der Waals surface area contributed by atoms with E-state index in [0.717, 1.165) is 44.6 Å². The van der Waals surface area contributed by atoms with Crippen LogP contribution in [-0.4, -0.2) is 35.5 Å². The van der Waals surface area contributed by atoms with Gasteiger partial charge in [-0.2, -0.15) is 0 Å². The van der Waals surface area contributed by atoms with Gasteiger partial charge in [0, 0.05) is 25.4 Å². The van der Waals surface area contributed by atoms with Crippen LogP contribution in [0.4, 0.5) is 0 Å². The molecule has 0 aromatic heterocycles. The quantitative estimate of drug-likeness (QED) is 0.652. The molecule has 1 unspecified atom stereocenters. The van der Waals surface area contributed by atoms with Crippen molar-refractivity contribution in [1.82, 2.24) is 4.90 Å². The van der Waals surface area contributed by atoms with Crippen molar-refractivity contribution >= 4 is 5.71 Å². The van der Waals surface area contributed by atoms with E-state index in [4.69, 9.17) is 5.21 Å². The van der Waals surface area contributed by atoms with Crippen LogP contribution in [0, 0.1) is 5.92 Å². The van der Waals surface area contributed by atoms with Crippen molar-refractivity contribution in [2.45, 2.75) is 32.6 Å². The number of hydrogen-bond acceptors (Lipinski definition) is 3. The summed E-state index contributed by atoms with van der Waals surface area (Å²) in [5.41, 5.74) is 2.41. The summed E-state index contributed by atoms with van der Waals surface area (Å²) in [7, 11) is 0. The van der Waals surface area contributed by atoms with Crippen LogP contribution < -0.4 is 0 Å². The maximum atomic E-state index is 8.97.